The molecule has 1 unspecified atom stereocenters. The van der Waals surface area contributed by atoms with Gasteiger partial charge in [-0.15, -0.1) is 0 Å². The highest BCUT2D eigenvalue weighted by Crippen LogP contribution is 2.31. The van der Waals surface area contributed by atoms with Crippen molar-refractivity contribution in [2.24, 2.45) is 0 Å². The van der Waals surface area contributed by atoms with Crippen LogP contribution < -0.4 is 0 Å². The highest BCUT2D eigenvalue weighted by Gasteiger charge is 2.37. The van der Waals surface area contributed by atoms with E-state index in [4.69, 9.17) is 4.74 Å². The van der Waals surface area contributed by atoms with Gasteiger partial charge in [0.05, 0.1) is 16.7 Å². The average Bonchev–Trinajstić information content (AvgIpc) is 3.29. The second-order valence-corrected chi connectivity index (χ2v) is 10.1. The van der Waals surface area contributed by atoms with Crippen molar-refractivity contribution >= 4 is 15.9 Å². The van der Waals surface area contributed by atoms with Gasteiger partial charge in [-0.1, -0.05) is 6.07 Å². The summed E-state index contributed by atoms with van der Waals surface area (Å²) in [6.45, 7) is 1.07. The van der Waals surface area contributed by atoms with Crippen LogP contribution in [0.5, 0.6) is 0 Å². The molecule has 2 aromatic rings. The van der Waals surface area contributed by atoms with Crippen LogP contribution in [0.15, 0.2) is 53.6 Å². The van der Waals surface area contributed by atoms with Crippen LogP contribution in [-0.2, 0) is 25.2 Å². The number of carbonyl (C=O) groups is 1. The van der Waals surface area contributed by atoms with Crippen molar-refractivity contribution in [3.63, 3.8) is 0 Å². The third kappa shape index (κ3) is 4.83. The van der Waals surface area contributed by atoms with Crippen molar-refractivity contribution in [1.82, 2.24) is 14.2 Å². The molecule has 0 saturated carbocycles. The summed E-state index contributed by atoms with van der Waals surface area (Å²) in [4.78, 5) is 18.5. The lowest BCUT2D eigenvalue weighted by atomic mass is 9.88. The normalized spacial score (nSPS) is 21.6. The number of pyridine rings is 1. The molecule has 3 heterocycles. The number of hydrogen-bond acceptors (Lipinski definition) is 6. The summed E-state index contributed by atoms with van der Waals surface area (Å²) in [5, 5.41) is 10.8. The number of aromatic nitrogens is 1. The molecule has 2 aliphatic rings. The molecule has 1 atom stereocenters. The number of nitrogens with zero attached hydrogens (tertiary/aromatic N) is 3. The summed E-state index contributed by atoms with van der Waals surface area (Å²) in [7, 11) is -3.73. The highest BCUT2D eigenvalue weighted by atomic mass is 32.2. The van der Waals surface area contributed by atoms with Gasteiger partial charge in [0.2, 0.25) is 15.9 Å². The highest BCUT2D eigenvalue weighted by molar-refractivity contribution is 7.89. The number of ether oxygens (including phenoxy) is 1. The number of halogens is 1. The summed E-state index contributed by atoms with van der Waals surface area (Å²) in [5.41, 5.74) is -0.434. The van der Waals surface area contributed by atoms with E-state index >= 15 is 0 Å². The third-order valence-electron chi connectivity index (χ3n) is 6.09. The minimum Gasteiger partial charge on any atom is -0.383 e. The molecule has 1 N–H and O–H groups in total. The maximum Gasteiger partial charge on any atom is 0.248 e. The molecule has 2 fully saturated rings. The van der Waals surface area contributed by atoms with Crippen LogP contribution in [0.25, 0.3) is 0 Å². The molecular formula is C22H26FN3O5S. The van der Waals surface area contributed by atoms with E-state index in [9.17, 15) is 22.7 Å². The minimum atomic E-state index is -3.73. The molecule has 0 radical (unpaired) electrons. The van der Waals surface area contributed by atoms with Gasteiger partial charge in [0.15, 0.2) is 0 Å². The first-order chi connectivity index (χ1) is 15.3. The summed E-state index contributed by atoms with van der Waals surface area (Å²) in [6.07, 6.45) is 2.52. The fraction of sp³-hybridized carbons (Fsp3) is 0.455. The fourth-order valence-corrected chi connectivity index (χ4v) is 5.59. The number of aliphatic hydroxyl groups is 1. The van der Waals surface area contributed by atoms with Crippen molar-refractivity contribution in [2.75, 3.05) is 32.8 Å². The Bertz CT molecular complexity index is 1040. The second kappa shape index (κ2) is 9.22. The first kappa shape index (κ1) is 22.8. The summed E-state index contributed by atoms with van der Waals surface area (Å²) >= 11 is 0. The zero-order valence-corrected chi connectivity index (χ0v) is 18.4. The number of rotatable bonds is 6. The van der Waals surface area contributed by atoms with Crippen LogP contribution in [0.3, 0.4) is 0 Å². The van der Waals surface area contributed by atoms with E-state index < -0.39 is 21.4 Å². The molecule has 8 nitrogen and oxygen atoms in total. The standard InChI is InChI=1S/C22H26FN3O5S/c23-17-4-6-19(7-5-17)32(29,30)26-12-8-18(15-26)31-16-21(27)25-13-9-22(28,10-14-25)20-3-1-2-11-24-20/h1-7,11,18,28H,8-10,12-16H2. The molecule has 32 heavy (non-hydrogen) atoms. The van der Waals surface area contributed by atoms with Crippen LogP contribution >= 0.6 is 0 Å². The van der Waals surface area contributed by atoms with Crippen molar-refractivity contribution in [3.05, 3.63) is 60.2 Å². The lowest BCUT2D eigenvalue weighted by molar-refractivity contribution is -0.142. The number of piperidine rings is 1. The molecule has 0 spiro atoms. The molecule has 1 amide bonds. The predicted molar refractivity (Wildman–Crippen MR) is 113 cm³/mol. The Morgan fingerprint density at radius 1 is 1.16 bits per heavy atom. The lowest BCUT2D eigenvalue weighted by Crippen LogP contribution is -2.47. The Balaban J connectivity index is 1.26. The van der Waals surface area contributed by atoms with Gasteiger partial charge in [0.25, 0.3) is 0 Å². The average molecular weight is 464 g/mol. The molecule has 2 aliphatic heterocycles. The van der Waals surface area contributed by atoms with Gasteiger partial charge < -0.3 is 14.7 Å². The molecule has 1 aromatic carbocycles. The van der Waals surface area contributed by atoms with Gasteiger partial charge in [0, 0.05) is 32.4 Å². The fourth-order valence-electron chi connectivity index (χ4n) is 4.11. The Morgan fingerprint density at radius 2 is 1.88 bits per heavy atom. The van der Waals surface area contributed by atoms with Crippen LogP contribution in [0, 0.1) is 5.82 Å². The van der Waals surface area contributed by atoms with Crippen LogP contribution in [-0.4, -0.2) is 72.5 Å². The lowest BCUT2D eigenvalue weighted by Gasteiger charge is -2.37. The zero-order valence-electron chi connectivity index (χ0n) is 17.6. The van der Waals surface area contributed by atoms with E-state index in [1.54, 1.807) is 23.2 Å². The van der Waals surface area contributed by atoms with E-state index in [2.05, 4.69) is 4.98 Å². The molecule has 0 aliphatic carbocycles. The monoisotopic (exact) mass is 463 g/mol. The smallest absolute Gasteiger partial charge is 0.248 e. The number of benzene rings is 1. The summed E-state index contributed by atoms with van der Waals surface area (Å²) < 4.78 is 45.5. The van der Waals surface area contributed by atoms with E-state index in [0.717, 1.165) is 12.1 Å². The molecule has 4 rings (SSSR count). The maximum atomic E-state index is 13.1. The predicted octanol–water partition coefficient (Wildman–Crippen LogP) is 1.51. The number of carbonyl (C=O) groups excluding carboxylic acids is 1. The van der Waals surface area contributed by atoms with Gasteiger partial charge in [-0.2, -0.15) is 4.31 Å². The van der Waals surface area contributed by atoms with Gasteiger partial charge in [-0.25, -0.2) is 12.8 Å². The molecular weight excluding hydrogens is 437 g/mol. The first-order valence-electron chi connectivity index (χ1n) is 10.6. The summed E-state index contributed by atoms with van der Waals surface area (Å²) in [5.74, 6) is -0.686. The van der Waals surface area contributed by atoms with Crippen molar-refractivity contribution in [1.29, 1.82) is 0 Å². The zero-order chi connectivity index (χ0) is 22.8. The van der Waals surface area contributed by atoms with Crippen molar-refractivity contribution in [2.45, 2.75) is 35.9 Å². The van der Waals surface area contributed by atoms with Crippen molar-refractivity contribution in [3.8, 4) is 0 Å². The first-order valence-corrected chi connectivity index (χ1v) is 12.0. The number of sulfonamides is 1. The Kier molecular flexibility index (Phi) is 6.57. The minimum absolute atomic E-state index is 0.0318. The van der Waals surface area contributed by atoms with E-state index in [-0.39, 0.29) is 36.6 Å². The van der Waals surface area contributed by atoms with E-state index in [0.29, 0.717) is 38.0 Å². The molecule has 172 valence electrons. The van der Waals surface area contributed by atoms with Crippen LogP contribution in [0.1, 0.15) is 25.0 Å². The summed E-state index contributed by atoms with van der Waals surface area (Å²) in [6, 6.07) is 10.1. The second-order valence-electron chi connectivity index (χ2n) is 8.17. The van der Waals surface area contributed by atoms with Gasteiger partial charge in [-0.05, 0) is 55.7 Å². The number of amides is 1. The Morgan fingerprint density at radius 3 is 2.53 bits per heavy atom. The third-order valence-corrected chi connectivity index (χ3v) is 7.97. The molecule has 2 saturated heterocycles. The van der Waals surface area contributed by atoms with Gasteiger partial charge in [-0.3, -0.25) is 9.78 Å². The Hall–Kier alpha value is -2.40. The largest absolute Gasteiger partial charge is 0.383 e. The van der Waals surface area contributed by atoms with Crippen LogP contribution in [0.4, 0.5) is 4.39 Å². The molecule has 0 bridgehead atoms. The van der Waals surface area contributed by atoms with Gasteiger partial charge >= 0.3 is 0 Å². The quantitative estimate of drug-likeness (QED) is 0.697. The Labute approximate surface area is 186 Å². The molecule has 1 aromatic heterocycles. The molecule has 10 heteroatoms. The van der Waals surface area contributed by atoms with E-state index in [1.165, 1.54) is 16.4 Å². The number of hydrogen-bond donors (Lipinski definition) is 1. The van der Waals surface area contributed by atoms with Crippen molar-refractivity contribution < 1.29 is 27.4 Å². The number of likely N-dealkylation sites (tertiary alicyclic amines) is 1. The topological polar surface area (TPSA) is 100 Å². The van der Waals surface area contributed by atoms with E-state index in [1.807, 2.05) is 6.07 Å². The van der Waals surface area contributed by atoms with Crippen LogP contribution in [0.2, 0.25) is 0 Å². The van der Waals surface area contributed by atoms with Gasteiger partial charge in [0.1, 0.15) is 18.0 Å². The SMILES string of the molecule is O=C(COC1CCN(S(=O)(=O)c2ccc(F)cc2)C1)N1CCC(O)(c2ccccn2)CC1. The maximum absolute atomic E-state index is 13.1.